The van der Waals surface area contributed by atoms with Gasteiger partial charge in [0, 0.05) is 33.8 Å². The van der Waals surface area contributed by atoms with Crippen LogP contribution < -0.4 is 0 Å². The van der Waals surface area contributed by atoms with Crippen LogP contribution >= 0.6 is 46.6 Å². The first-order chi connectivity index (χ1) is 15.2. The number of amides is 2. The van der Waals surface area contributed by atoms with Gasteiger partial charge in [-0.1, -0.05) is 40.9 Å². The number of imide groups is 1. The Morgan fingerprint density at radius 2 is 1.81 bits per heavy atom. The van der Waals surface area contributed by atoms with Crippen LogP contribution in [0.4, 0.5) is 10.5 Å². The van der Waals surface area contributed by atoms with Crippen molar-refractivity contribution in [1.82, 2.24) is 4.90 Å². The van der Waals surface area contributed by atoms with Crippen molar-refractivity contribution in [3.8, 4) is 11.3 Å². The fourth-order valence-electron chi connectivity index (χ4n) is 2.98. The molecule has 11 heteroatoms. The molecule has 0 bridgehead atoms. The van der Waals surface area contributed by atoms with Gasteiger partial charge in [0.1, 0.15) is 11.5 Å². The Morgan fingerprint density at radius 3 is 2.53 bits per heavy atom. The van der Waals surface area contributed by atoms with Gasteiger partial charge in [0.05, 0.1) is 21.4 Å². The number of carbonyl (C=O) groups excluding carboxylic acids is 2. The van der Waals surface area contributed by atoms with Gasteiger partial charge in [0.25, 0.3) is 16.8 Å². The van der Waals surface area contributed by atoms with Crippen molar-refractivity contribution >= 4 is 69.5 Å². The number of nitro benzene ring substituents is 1. The molecule has 3 aromatic rings. The maximum Gasteiger partial charge on any atom is 0.293 e. The molecule has 2 heterocycles. The second-order valence-electron chi connectivity index (χ2n) is 6.63. The molecule has 2 amide bonds. The van der Waals surface area contributed by atoms with E-state index in [0.717, 1.165) is 16.7 Å². The zero-order valence-corrected chi connectivity index (χ0v) is 19.0. The molecule has 0 unspecified atom stereocenters. The molecule has 1 aromatic heterocycles. The average molecular weight is 510 g/mol. The van der Waals surface area contributed by atoms with Crippen molar-refractivity contribution in [3.05, 3.63) is 89.9 Å². The third-order valence-electron chi connectivity index (χ3n) is 4.54. The normalized spacial score (nSPS) is 15.1. The van der Waals surface area contributed by atoms with Crippen LogP contribution in [0.15, 0.2) is 57.9 Å². The van der Waals surface area contributed by atoms with E-state index in [2.05, 4.69) is 0 Å². The number of benzene rings is 2. The third-order valence-corrected chi connectivity index (χ3v) is 6.37. The molecule has 0 N–H and O–H groups in total. The van der Waals surface area contributed by atoms with E-state index in [1.807, 2.05) is 0 Å². The van der Waals surface area contributed by atoms with Gasteiger partial charge in [-0.25, -0.2) is 0 Å². The minimum atomic E-state index is -0.535. The number of thioether (sulfide) groups is 1. The van der Waals surface area contributed by atoms with Crippen molar-refractivity contribution in [2.75, 3.05) is 0 Å². The molecule has 0 spiro atoms. The Morgan fingerprint density at radius 1 is 1.03 bits per heavy atom. The van der Waals surface area contributed by atoms with Crippen molar-refractivity contribution in [2.45, 2.75) is 6.54 Å². The maximum atomic E-state index is 12.8. The summed E-state index contributed by atoms with van der Waals surface area (Å²) in [6, 6.07) is 12.0. The fourth-order valence-corrected chi connectivity index (χ4v) is 4.47. The summed E-state index contributed by atoms with van der Waals surface area (Å²) in [6.45, 7) is 0.00467. The van der Waals surface area contributed by atoms with Crippen LogP contribution in [-0.4, -0.2) is 21.0 Å². The highest BCUT2D eigenvalue weighted by atomic mass is 35.5. The first kappa shape index (κ1) is 22.4. The number of hydrogen-bond acceptors (Lipinski definition) is 6. The summed E-state index contributed by atoms with van der Waals surface area (Å²) in [6.07, 6.45) is 1.43. The van der Waals surface area contributed by atoms with Crippen molar-refractivity contribution in [3.63, 3.8) is 0 Å². The summed E-state index contributed by atoms with van der Waals surface area (Å²) >= 11 is 19.0. The highest BCUT2D eigenvalue weighted by Crippen LogP contribution is 2.37. The second-order valence-corrected chi connectivity index (χ2v) is 8.87. The van der Waals surface area contributed by atoms with Crippen LogP contribution in [0.5, 0.6) is 0 Å². The second kappa shape index (κ2) is 8.99. The number of furan rings is 1. The summed E-state index contributed by atoms with van der Waals surface area (Å²) in [5.41, 5.74) is 0.788. The number of rotatable bonds is 5. The van der Waals surface area contributed by atoms with E-state index in [9.17, 15) is 19.7 Å². The molecular formula is C21H11Cl3N2O5S. The van der Waals surface area contributed by atoms with E-state index in [-0.39, 0.29) is 33.7 Å². The standard InChI is InChI=1S/C21H11Cl3N2O5S/c22-12-2-1-11(17(24)7-12)10-25-20(27)19(32-21(25)28)9-14-4-6-18(31-14)15-8-13(26(29)30)3-5-16(15)23/h1-9H,10H2/b19-9-. The van der Waals surface area contributed by atoms with Gasteiger partial charge in [-0.3, -0.25) is 24.6 Å². The molecule has 0 aliphatic carbocycles. The lowest BCUT2D eigenvalue weighted by Gasteiger charge is -2.13. The lowest BCUT2D eigenvalue weighted by molar-refractivity contribution is -0.384. The molecular weight excluding hydrogens is 499 g/mol. The van der Waals surface area contributed by atoms with E-state index in [1.165, 1.54) is 30.3 Å². The van der Waals surface area contributed by atoms with Crippen LogP contribution in [0, 0.1) is 10.1 Å². The molecule has 2 aromatic carbocycles. The van der Waals surface area contributed by atoms with E-state index < -0.39 is 16.1 Å². The fraction of sp³-hybridized carbons (Fsp3) is 0.0476. The maximum absolute atomic E-state index is 12.8. The summed E-state index contributed by atoms with van der Waals surface area (Å²) in [4.78, 5) is 36.9. The monoisotopic (exact) mass is 508 g/mol. The number of hydrogen-bond donors (Lipinski definition) is 0. The predicted octanol–water partition coefficient (Wildman–Crippen LogP) is 7.05. The van der Waals surface area contributed by atoms with Crippen LogP contribution in [0.1, 0.15) is 11.3 Å². The summed E-state index contributed by atoms with van der Waals surface area (Å²) in [7, 11) is 0. The number of halogens is 3. The van der Waals surface area contributed by atoms with Crippen molar-refractivity contribution in [2.24, 2.45) is 0 Å². The van der Waals surface area contributed by atoms with E-state index in [1.54, 1.807) is 24.3 Å². The third kappa shape index (κ3) is 4.54. The first-order valence-corrected chi connectivity index (χ1v) is 10.9. The van der Waals surface area contributed by atoms with Gasteiger partial charge in [-0.2, -0.15) is 0 Å². The Labute approximate surface area is 200 Å². The molecule has 0 atom stereocenters. The number of nitro groups is 1. The molecule has 1 aliphatic heterocycles. The van der Waals surface area contributed by atoms with Crippen LogP contribution in [0.25, 0.3) is 17.4 Å². The Balaban J connectivity index is 1.57. The molecule has 162 valence electrons. The van der Waals surface area contributed by atoms with Gasteiger partial charge in [-0.15, -0.1) is 0 Å². The molecule has 7 nitrogen and oxygen atoms in total. The smallest absolute Gasteiger partial charge is 0.293 e. The van der Waals surface area contributed by atoms with Crippen molar-refractivity contribution in [1.29, 1.82) is 0 Å². The SMILES string of the molecule is O=C1S/C(=C\c2ccc(-c3cc([N+](=O)[O-])ccc3Cl)o2)C(=O)N1Cc1ccc(Cl)cc1Cl. The Kier molecular flexibility index (Phi) is 6.30. The van der Waals surface area contributed by atoms with Crippen LogP contribution in [-0.2, 0) is 11.3 Å². The predicted molar refractivity (Wildman–Crippen MR) is 124 cm³/mol. The van der Waals surface area contributed by atoms with Crippen molar-refractivity contribution < 1.29 is 18.9 Å². The van der Waals surface area contributed by atoms with Gasteiger partial charge in [0.15, 0.2) is 0 Å². The summed E-state index contributed by atoms with van der Waals surface area (Å²) < 4.78 is 5.70. The number of carbonyl (C=O) groups is 2. The highest BCUT2D eigenvalue weighted by Gasteiger charge is 2.35. The number of nitrogens with zero attached hydrogens (tertiary/aromatic N) is 2. The Bertz CT molecular complexity index is 1300. The topological polar surface area (TPSA) is 93.7 Å². The molecule has 4 rings (SSSR count). The molecule has 1 aliphatic rings. The molecule has 0 saturated carbocycles. The lowest BCUT2D eigenvalue weighted by atomic mass is 10.1. The number of non-ortho nitro benzene ring substituents is 1. The quantitative estimate of drug-likeness (QED) is 0.208. The lowest BCUT2D eigenvalue weighted by Crippen LogP contribution is -2.27. The molecule has 32 heavy (non-hydrogen) atoms. The zero-order chi connectivity index (χ0) is 23.0. The van der Waals surface area contributed by atoms with Crippen LogP contribution in [0.3, 0.4) is 0 Å². The van der Waals surface area contributed by atoms with Gasteiger partial charge < -0.3 is 4.42 Å². The highest BCUT2D eigenvalue weighted by molar-refractivity contribution is 8.18. The van der Waals surface area contributed by atoms with E-state index >= 15 is 0 Å². The Hall–Kier alpha value is -2.78. The zero-order valence-electron chi connectivity index (χ0n) is 15.9. The van der Waals surface area contributed by atoms with E-state index in [4.69, 9.17) is 39.2 Å². The van der Waals surface area contributed by atoms with Gasteiger partial charge in [-0.05, 0) is 47.7 Å². The summed E-state index contributed by atoms with van der Waals surface area (Å²) in [5.74, 6) is 0.0899. The minimum absolute atomic E-state index is 0.00467. The average Bonchev–Trinajstić information content (AvgIpc) is 3.30. The first-order valence-electron chi connectivity index (χ1n) is 8.96. The summed E-state index contributed by atoms with van der Waals surface area (Å²) in [5, 5.41) is 11.7. The van der Waals surface area contributed by atoms with E-state index in [0.29, 0.717) is 21.2 Å². The van der Waals surface area contributed by atoms with Crippen LogP contribution in [0.2, 0.25) is 15.1 Å². The minimum Gasteiger partial charge on any atom is -0.457 e. The molecule has 1 fully saturated rings. The van der Waals surface area contributed by atoms with Gasteiger partial charge in [0.2, 0.25) is 0 Å². The molecule has 0 radical (unpaired) electrons. The largest absolute Gasteiger partial charge is 0.457 e. The molecule has 1 saturated heterocycles. The van der Waals surface area contributed by atoms with Gasteiger partial charge >= 0.3 is 0 Å².